The monoisotopic (exact) mass is 255 g/mol. The summed E-state index contributed by atoms with van der Waals surface area (Å²) in [6.45, 7) is 4.17. The Morgan fingerprint density at radius 1 is 1.16 bits per heavy atom. The van der Waals surface area contributed by atoms with Crippen LogP contribution in [0.3, 0.4) is 0 Å². The van der Waals surface area contributed by atoms with E-state index in [1.807, 2.05) is 49.4 Å². The van der Waals surface area contributed by atoms with Gasteiger partial charge in [-0.1, -0.05) is 42.0 Å². The Hall–Kier alpha value is -2.29. The van der Waals surface area contributed by atoms with Crippen LogP contribution in [-0.2, 0) is 4.74 Å². The third-order valence-electron chi connectivity index (χ3n) is 2.77. The van der Waals surface area contributed by atoms with E-state index in [-0.39, 0.29) is 0 Å². The van der Waals surface area contributed by atoms with E-state index < -0.39 is 6.09 Å². The molecule has 1 N–H and O–H groups in total. The number of hydrogen-bond acceptors (Lipinski definition) is 2. The second-order valence-electron chi connectivity index (χ2n) is 4.26. The average Bonchev–Trinajstić information content (AvgIpc) is 2.42. The van der Waals surface area contributed by atoms with Crippen molar-refractivity contribution in [2.75, 3.05) is 11.9 Å². The molecular formula is C16H17NO2. The Labute approximate surface area is 113 Å². The number of amides is 1. The Morgan fingerprint density at radius 2 is 1.89 bits per heavy atom. The lowest BCUT2D eigenvalue weighted by atomic mass is 10.0. The van der Waals surface area contributed by atoms with Crippen molar-refractivity contribution in [1.29, 1.82) is 0 Å². The molecule has 0 aliphatic rings. The van der Waals surface area contributed by atoms with Crippen LogP contribution in [0.15, 0.2) is 48.5 Å². The lowest BCUT2D eigenvalue weighted by Crippen LogP contribution is -2.14. The number of carbonyl (C=O) groups excluding carboxylic acids is 1. The van der Waals surface area contributed by atoms with Crippen LogP contribution < -0.4 is 5.32 Å². The summed E-state index contributed by atoms with van der Waals surface area (Å²) in [5, 5.41) is 2.78. The van der Waals surface area contributed by atoms with E-state index in [1.165, 1.54) is 0 Å². The maximum absolute atomic E-state index is 11.5. The van der Waals surface area contributed by atoms with Gasteiger partial charge in [0.25, 0.3) is 0 Å². The quantitative estimate of drug-likeness (QED) is 0.891. The summed E-state index contributed by atoms with van der Waals surface area (Å²) in [7, 11) is 0. The minimum absolute atomic E-state index is 0.359. The number of aryl methyl sites for hydroxylation is 1. The molecule has 0 bridgehead atoms. The molecule has 19 heavy (non-hydrogen) atoms. The molecule has 1 amide bonds. The molecule has 0 unspecified atom stereocenters. The van der Waals surface area contributed by atoms with Gasteiger partial charge in [0.05, 0.1) is 12.3 Å². The van der Waals surface area contributed by atoms with Gasteiger partial charge in [-0.05, 0) is 31.5 Å². The molecule has 0 fully saturated rings. The Balaban J connectivity index is 2.36. The van der Waals surface area contributed by atoms with Crippen LogP contribution in [-0.4, -0.2) is 12.7 Å². The van der Waals surface area contributed by atoms with Gasteiger partial charge in [-0.25, -0.2) is 4.79 Å². The van der Waals surface area contributed by atoms with E-state index >= 15 is 0 Å². The zero-order valence-corrected chi connectivity index (χ0v) is 11.1. The normalized spacial score (nSPS) is 10.0. The second kappa shape index (κ2) is 6.05. The summed E-state index contributed by atoms with van der Waals surface area (Å²) in [6.07, 6.45) is -0.427. The Bertz CT molecular complexity index is 564. The van der Waals surface area contributed by atoms with Gasteiger partial charge in [0.2, 0.25) is 0 Å². The summed E-state index contributed by atoms with van der Waals surface area (Å²) >= 11 is 0. The SMILES string of the molecule is CCOC(=O)Nc1ccc(C)cc1-c1ccccc1. The van der Waals surface area contributed by atoms with Crippen LogP contribution in [0.4, 0.5) is 10.5 Å². The predicted octanol–water partition coefficient (Wildman–Crippen LogP) is 4.23. The van der Waals surface area contributed by atoms with Gasteiger partial charge in [-0.2, -0.15) is 0 Å². The molecule has 3 nitrogen and oxygen atoms in total. The summed E-state index contributed by atoms with van der Waals surface area (Å²) in [5.41, 5.74) is 3.97. The molecule has 0 aliphatic carbocycles. The molecule has 0 spiro atoms. The molecule has 0 heterocycles. The maximum Gasteiger partial charge on any atom is 0.411 e. The molecule has 0 atom stereocenters. The highest BCUT2D eigenvalue weighted by molar-refractivity contribution is 5.91. The molecule has 3 heteroatoms. The van der Waals surface area contributed by atoms with E-state index in [0.29, 0.717) is 6.61 Å². The van der Waals surface area contributed by atoms with E-state index in [9.17, 15) is 4.79 Å². The Kier molecular flexibility index (Phi) is 4.18. The highest BCUT2D eigenvalue weighted by Crippen LogP contribution is 2.29. The van der Waals surface area contributed by atoms with Crippen LogP contribution in [0.25, 0.3) is 11.1 Å². The topological polar surface area (TPSA) is 38.3 Å². The highest BCUT2D eigenvalue weighted by atomic mass is 16.5. The summed E-state index contributed by atoms with van der Waals surface area (Å²) < 4.78 is 4.92. The lowest BCUT2D eigenvalue weighted by Gasteiger charge is -2.12. The Morgan fingerprint density at radius 3 is 2.58 bits per heavy atom. The van der Waals surface area contributed by atoms with Crippen molar-refractivity contribution in [2.45, 2.75) is 13.8 Å². The van der Waals surface area contributed by atoms with Gasteiger partial charge in [0, 0.05) is 5.56 Å². The maximum atomic E-state index is 11.5. The van der Waals surface area contributed by atoms with Gasteiger partial charge < -0.3 is 4.74 Å². The van der Waals surface area contributed by atoms with Crippen molar-refractivity contribution >= 4 is 11.8 Å². The average molecular weight is 255 g/mol. The summed E-state index contributed by atoms with van der Waals surface area (Å²) in [5.74, 6) is 0. The molecule has 0 saturated heterocycles. The number of rotatable bonds is 3. The molecule has 0 saturated carbocycles. The van der Waals surface area contributed by atoms with Crippen LogP contribution in [0.1, 0.15) is 12.5 Å². The molecule has 0 aromatic heterocycles. The first-order chi connectivity index (χ1) is 9.20. The van der Waals surface area contributed by atoms with Crippen LogP contribution >= 0.6 is 0 Å². The third-order valence-corrected chi connectivity index (χ3v) is 2.77. The number of carbonyl (C=O) groups is 1. The van der Waals surface area contributed by atoms with E-state index in [1.54, 1.807) is 6.92 Å². The van der Waals surface area contributed by atoms with Gasteiger partial charge in [-0.15, -0.1) is 0 Å². The van der Waals surface area contributed by atoms with Gasteiger partial charge in [0.15, 0.2) is 0 Å². The first-order valence-electron chi connectivity index (χ1n) is 6.30. The fraction of sp³-hybridized carbons (Fsp3) is 0.188. The zero-order chi connectivity index (χ0) is 13.7. The van der Waals surface area contributed by atoms with Crippen molar-refractivity contribution in [3.63, 3.8) is 0 Å². The molecule has 98 valence electrons. The summed E-state index contributed by atoms with van der Waals surface area (Å²) in [6, 6.07) is 15.9. The zero-order valence-electron chi connectivity index (χ0n) is 11.1. The minimum Gasteiger partial charge on any atom is -0.450 e. The molecule has 0 aliphatic heterocycles. The fourth-order valence-corrected chi connectivity index (χ4v) is 1.90. The largest absolute Gasteiger partial charge is 0.450 e. The molecule has 0 radical (unpaired) electrons. The number of ether oxygens (including phenoxy) is 1. The molecule has 2 rings (SSSR count). The highest BCUT2D eigenvalue weighted by Gasteiger charge is 2.09. The van der Waals surface area contributed by atoms with Crippen molar-refractivity contribution in [1.82, 2.24) is 0 Å². The van der Waals surface area contributed by atoms with Crippen LogP contribution in [0, 0.1) is 6.92 Å². The van der Waals surface area contributed by atoms with E-state index in [2.05, 4.69) is 11.4 Å². The van der Waals surface area contributed by atoms with Crippen molar-refractivity contribution < 1.29 is 9.53 Å². The minimum atomic E-state index is -0.427. The van der Waals surface area contributed by atoms with Crippen molar-refractivity contribution in [2.24, 2.45) is 0 Å². The first kappa shape index (κ1) is 13.1. The molecule has 2 aromatic rings. The van der Waals surface area contributed by atoms with Crippen LogP contribution in [0.2, 0.25) is 0 Å². The van der Waals surface area contributed by atoms with Crippen LogP contribution in [0.5, 0.6) is 0 Å². The van der Waals surface area contributed by atoms with Crippen molar-refractivity contribution in [3.05, 3.63) is 54.1 Å². The van der Waals surface area contributed by atoms with Gasteiger partial charge in [0.1, 0.15) is 0 Å². The fourth-order valence-electron chi connectivity index (χ4n) is 1.90. The number of hydrogen-bond donors (Lipinski definition) is 1. The van der Waals surface area contributed by atoms with E-state index in [0.717, 1.165) is 22.4 Å². The van der Waals surface area contributed by atoms with Crippen molar-refractivity contribution in [3.8, 4) is 11.1 Å². The lowest BCUT2D eigenvalue weighted by molar-refractivity contribution is 0.168. The third kappa shape index (κ3) is 3.35. The number of anilines is 1. The van der Waals surface area contributed by atoms with E-state index in [4.69, 9.17) is 4.74 Å². The van der Waals surface area contributed by atoms with Gasteiger partial charge >= 0.3 is 6.09 Å². The summed E-state index contributed by atoms with van der Waals surface area (Å²) in [4.78, 5) is 11.5. The number of benzene rings is 2. The molecule has 2 aromatic carbocycles. The number of nitrogens with one attached hydrogen (secondary N) is 1. The first-order valence-corrected chi connectivity index (χ1v) is 6.30. The smallest absolute Gasteiger partial charge is 0.411 e. The predicted molar refractivity (Wildman–Crippen MR) is 77.3 cm³/mol. The standard InChI is InChI=1S/C16H17NO2/c1-3-19-16(18)17-15-10-9-12(2)11-14(15)13-7-5-4-6-8-13/h4-11H,3H2,1-2H3,(H,17,18). The molecular weight excluding hydrogens is 238 g/mol. The second-order valence-corrected chi connectivity index (χ2v) is 4.26. The van der Waals surface area contributed by atoms with Gasteiger partial charge in [-0.3, -0.25) is 5.32 Å².